The summed E-state index contributed by atoms with van der Waals surface area (Å²) >= 11 is 0. The van der Waals surface area contributed by atoms with Crippen LogP contribution in [0.4, 0.5) is 10.5 Å². The van der Waals surface area contributed by atoms with Gasteiger partial charge in [-0.25, -0.2) is 4.79 Å². The summed E-state index contributed by atoms with van der Waals surface area (Å²) in [6.45, 7) is 4.73. The molecule has 2 N–H and O–H groups in total. The van der Waals surface area contributed by atoms with E-state index in [1.807, 2.05) is 0 Å². The molecule has 1 fully saturated rings. The van der Waals surface area contributed by atoms with Gasteiger partial charge in [0.25, 0.3) is 0 Å². The first kappa shape index (κ1) is 13.4. The van der Waals surface area contributed by atoms with Gasteiger partial charge in [-0.15, -0.1) is 0 Å². The molecule has 102 valence electrons. The van der Waals surface area contributed by atoms with Gasteiger partial charge in [0.05, 0.1) is 5.41 Å². The lowest BCUT2D eigenvalue weighted by Gasteiger charge is -2.28. The third-order valence-electron chi connectivity index (χ3n) is 3.52. The van der Waals surface area contributed by atoms with Gasteiger partial charge >= 0.3 is 12.0 Å². The molecule has 1 aliphatic rings. The number of nitrogens with one attached hydrogen (secondary N) is 1. The van der Waals surface area contributed by atoms with Crippen LogP contribution in [0.2, 0.25) is 0 Å². The summed E-state index contributed by atoms with van der Waals surface area (Å²) in [4.78, 5) is 24.6. The number of urea groups is 1. The van der Waals surface area contributed by atoms with Crippen molar-refractivity contribution in [2.24, 2.45) is 0 Å². The summed E-state index contributed by atoms with van der Waals surface area (Å²) in [7, 11) is 0. The van der Waals surface area contributed by atoms with Gasteiger partial charge in [-0.05, 0) is 38.0 Å². The number of rotatable bonds is 3. The largest absolute Gasteiger partial charge is 0.481 e. The molecule has 1 saturated heterocycles. The molecule has 0 spiro atoms. The van der Waals surface area contributed by atoms with Gasteiger partial charge in [0.15, 0.2) is 0 Å². The Morgan fingerprint density at radius 3 is 2.47 bits per heavy atom. The Morgan fingerprint density at radius 1 is 1.32 bits per heavy atom. The van der Waals surface area contributed by atoms with E-state index in [-0.39, 0.29) is 6.03 Å². The van der Waals surface area contributed by atoms with E-state index < -0.39 is 11.4 Å². The molecule has 0 bridgehead atoms. The van der Waals surface area contributed by atoms with E-state index in [9.17, 15) is 14.7 Å². The average molecular weight is 262 g/mol. The highest BCUT2D eigenvalue weighted by atomic mass is 16.4. The minimum absolute atomic E-state index is 0.100. The van der Waals surface area contributed by atoms with Crippen LogP contribution < -0.4 is 10.2 Å². The summed E-state index contributed by atoms with van der Waals surface area (Å²) in [5.74, 6) is -0.865. The number of carbonyl (C=O) groups excluding carboxylic acids is 1. The van der Waals surface area contributed by atoms with Gasteiger partial charge in [0.1, 0.15) is 0 Å². The Morgan fingerprint density at radius 2 is 1.95 bits per heavy atom. The minimum Gasteiger partial charge on any atom is -0.481 e. The number of carboxylic acid groups (broad SMARTS) is 1. The van der Waals surface area contributed by atoms with Crippen LogP contribution in [0.25, 0.3) is 0 Å². The van der Waals surface area contributed by atoms with Crippen molar-refractivity contribution >= 4 is 17.7 Å². The minimum atomic E-state index is -0.928. The first-order valence-electron chi connectivity index (χ1n) is 6.32. The lowest BCUT2D eigenvalue weighted by Crippen LogP contribution is -2.46. The van der Waals surface area contributed by atoms with Gasteiger partial charge in [0, 0.05) is 18.8 Å². The lowest BCUT2D eigenvalue weighted by molar-refractivity contribution is -0.142. The van der Waals surface area contributed by atoms with Crippen LogP contribution in [0.1, 0.15) is 25.8 Å². The average Bonchev–Trinajstić information content (AvgIpc) is 2.39. The van der Waals surface area contributed by atoms with Crippen LogP contribution in [0.3, 0.4) is 0 Å². The maximum Gasteiger partial charge on any atom is 0.321 e. The normalized spacial score (nSPS) is 16.1. The first-order chi connectivity index (χ1) is 8.93. The number of anilines is 1. The molecule has 5 nitrogen and oxygen atoms in total. The monoisotopic (exact) mass is 262 g/mol. The Labute approximate surface area is 112 Å². The topological polar surface area (TPSA) is 69.6 Å². The van der Waals surface area contributed by atoms with Crippen molar-refractivity contribution in [1.29, 1.82) is 0 Å². The van der Waals surface area contributed by atoms with Crippen molar-refractivity contribution in [2.45, 2.75) is 25.7 Å². The van der Waals surface area contributed by atoms with Crippen LogP contribution in [-0.4, -0.2) is 30.2 Å². The maximum absolute atomic E-state index is 11.7. The van der Waals surface area contributed by atoms with Gasteiger partial charge in [-0.2, -0.15) is 0 Å². The molecule has 0 aromatic heterocycles. The highest BCUT2D eigenvalue weighted by Gasteiger charge is 2.29. The third-order valence-corrected chi connectivity index (χ3v) is 3.52. The van der Waals surface area contributed by atoms with Crippen molar-refractivity contribution < 1.29 is 14.7 Å². The second-order valence-corrected chi connectivity index (χ2v) is 5.21. The molecule has 1 aromatic carbocycles. The number of carboxylic acids is 1. The van der Waals surface area contributed by atoms with Crippen molar-refractivity contribution in [3.8, 4) is 0 Å². The molecule has 19 heavy (non-hydrogen) atoms. The number of hydrogen-bond acceptors (Lipinski definition) is 2. The molecule has 1 heterocycles. The Hall–Kier alpha value is -2.04. The summed E-state index contributed by atoms with van der Waals surface area (Å²) in [5.41, 5.74) is 0.589. The van der Waals surface area contributed by atoms with Gasteiger partial charge in [0.2, 0.25) is 0 Å². The molecule has 0 saturated carbocycles. The fraction of sp³-hybridized carbons (Fsp3) is 0.429. The van der Waals surface area contributed by atoms with E-state index in [0.29, 0.717) is 13.1 Å². The van der Waals surface area contributed by atoms with E-state index in [1.165, 1.54) is 0 Å². The van der Waals surface area contributed by atoms with Crippen LogP contribution in [-0.2, 0) is 10.2 Å². The van der Waals surface area contributed by atoms with Crippen molar-refractivity contribution in [2.75, 3.05) is 18.0 Å². The number of carbonyl (C=O) groups is 2. The molecule has 1 aliphatic heterocycles. The predicted octanol–water partition coefficient (Wildman–Crippen LogP) is 1.97. The SMILES string of the molecule is CC(C)(C(=O)O)c1ccc(N2CCCNC2=O)cc1. The Balaban J connectivity index is 2.23. The summed E-state index contributed by atoms with van der Waals surface area (Å²) in [5, 5.41) is 12.0. The highest BCUT2D eigenvalue weighted by molar-refractivity contribution is 5.92. The number of amides is 2. The Bertz CT molecular complexity index is 494. The van der Waals surface area contributed by atoms with Gasteiger partial charge in [-0.1, -0.05) is 12.1 Å². The molecule has 1 aromatic rings. The molecular weight excluding hydrogens is 244 g/mol. The second-order valence-electron chi connectivity index (χ2n) is 5.21. The number of nitrogens with zero attached hydrogens (tertiary/aromatic N) is 1. The molecule has 2 amide bonds. The summed E-state index contributed by atoms with van der Waals surface area (Å²) in [6, 6.07) is 7.03. The van der Waals surface area contributed by atoms with E-state index in [0.717, 1.165) is 17.7 Å². The van der Waals surface area contributed by atoms with Crippen LogP contribution in [0, 0.1) is 0 Å². The summed E-state index contributed by atoms with van der Waals surface area (Å²) < 4.78 is 0. The standard InChI is InChI=1S/C14H18N2O3/c1-14(2,12(17)18)10-4-6-11(7-5-10)16-9-3-8-15-13(16)19/h4-7H,3,8-9H2,1-2H3,(H,15,19)(H,17,18). The molecule has 0 unspecified atom stereocenters. The van der Waals surface area contributed by atoms with Crippen LogP contribution in [0.5, 0.6) is 0 Å². The van der Waals surface area contributed by atoms with Crippen LogP contribution in [0.15, 0.2) is 24.3 Å². The Kier molecular flexibility index (Phi) is 3.46. The van der Waals surface area contributed by atoms with Crippen molar-refractivity contribution in [3.05, 3.63) is 29.8 Å². The lowest BCUT2D eigenvalue weighted by atomic mass is 9.85. The fourth-order valence-electron chi connectivity index (χ4n) is 2.06. The van der Waals surface area contributed by atoms with E-state index in [4.69, 9.17) is 0 Å². The van der Waals surface area contributed by atoms with E-state index in [2.05, 4.69) is 5.32 Å². The molecule has 2 rings (SSSR count). The number of aliphatic carboxylic acids is 1. The zero-order valence-electron chi connectivity index (χ0n) is 11.1. The quantitative estimate of drug-likeness (QED) is 0.875. The zero-order chi connectivity index (χ0) is 14.0. The number of hydrogen-bond donors (Lipinski definition) is 2. The first-order valence-corrected chi connectivity index (χ1v) is 6.32. The smallest absolute Gasteiger partial charge is 0.321 e. The fourth-order valence-corrected chi connectivity index (χ4v) is 2.06. The van der Waals surface area contributed by atoms with Crippen molar-refractivity contribution in [3.63, 3.8) is 0 Å². The van der Waals surface area contributed by atoms with E-state index in [1.54, 1.807) is 43.0 Å². The molecule has 5 heteroatoms. The van der Waals surface area contributed by atoms with Gasteiger partial charge in [-0.3, -0.25) is 9.69 Å². The second kappa shape index (κ2) is 4.91. The predicted molar refractivity (Wildman–Crippen MR) is 72.5 cm³/mol. The van der Waals surface area contributed by atoms with Gasteiger partial charge < -0.3 is 10.4 Å². The molecule has 0 radical (unpaired) electrons. The maximum atomic E-state index is 11.7. The van der Waals surface area contributed by atoms with E-state index >= 15 is 0 Å². The number of benzene rings is 1. The molecule has 0 atom stereocenters. The third kappa shape index (κ3) is 2.54. The van der Waals surface area contributed by atoms with Crippen LogP contribution >= 0.6 is 0 Å². The molecule has 0 aliphatic carbocycles. The zero-order valence-corrected chi connectivity index (χ0v) is 11.1. The molecular formula is C14H18N2O3. The highest BCUT2D eigenvalue weighted by Crippen LogP contribution is 2.26. The summed E-state index contributed by atoms with van der Waals surface area (Å²) in [6.07, 6.45) is 0.911. The van der Waals surface area contributed by atoms with Crippen molar-refractivity contribution in [1.82, 2.24) is 5.32 Å².